The van der Waals surface area contributed by atoms with Crippen LogP contribution in [-0.4, -0.2) is 5.78 Å². The van der Waals surface area contributed by atoms with E-state index in [2.05, 4.69) is 6.07 Å². The Morgan fingerprint density at radius 1 is 1.15 bits per heavy atom. The molecule has 0 saturated carbocycles. The molecule has 0 bridgehead atoms. The van der Waals surface area contributed by atoms with Crippen LogP contribution in [0.5, 0.6) is 11.5 Å². The van der Waals surface area contributed by atoms with E-state index in [1.54, 1.807) is 19.1 Å². The predicted molar refractivity (Wildman–Crippen MR) is 76.8 cm³/mol. The number of nitriles is 1. The summed E-state index contributed by atoms with van der Waals surface area (Å²) in [5.74, 6) is 1.55. The third-order valence-electron chi connectivity index (χ3n) is 2.93. The third-order valence-corrected chi connectivity index (χ3v) is 2.93. The second-order valence-corrected chi connectivity index (χ2v) is 4.71. The van der Waals surface area contributed by atoms with Gasteiger partial charge in [-0.15, -0.1) is 0 Å². The molecular weight excluding hydrogens is 250 g/mol. The Labute approximate surface area is 118 Å². The molecule has 2 rings (SSSR count). The van der Waals surface area contributed by atoms with Gasteiger partial charge in [-0.25, -0.2) is 0 Å². The first kappa shape index (κ1) is 13.8. The maximum atomic E-state index is 11.0. The number of carbonyl (C=O) groups is 1. The van der Waals surface area contributed by atoms with E-state index in [-0.39, 0.29) is 5.78 Å². The summed E-state index contributed by atoms with van der Waals surface area (Å²) in [6.07, 6.45) is 0.441. The highest BCUT2D eigenvalue weighted by atomic mass is 16.5. The monoisotopic (exact) mass is 265 g/mol. The molecule has 0 radical (unpaired) electrons. The second kappa shape index (κ2) is 6.03. The molecule has 20 heavy (non-hydrogen) atoms. The minimum atomic E-state index is 0.140. The van der Waals surface area contributed by atoms with Gasteiger partial charge in [0.05, 0.1) is 11.6 Å². The Morgan fingerprint density at radius 2 is 1.80 bits per heavy atom. The Kier molecular flexibility index (Phi) is 4.17. The van der Waals surface area contributed by atoms with Crippen LogP contribution in [0.25, 0.3) is 0 Å². The molecule has 0 heterocycles. The van der Waals surface area contributed by atoms with Crippen LogP contribution < -0.4 is 4.74 Å². The molecule has 3 heteroatoms. The van der Waals surface area contributed by atoms with Crippen LogP contribution in [0, 0.1) is 18.3 Å². The second-order valence-electron chi connectivity index (χ2n) is 4.71. The smallest absolute Gasteiger partial charge is 0.134 e. The summed E-state index contributed by atoms with van der Waals surface area (Å²) in [6, 6.07) is 14.9. The number of nitrogens with zero attached hydrogens (tertiary/aromatic N) is 1. The van der Waals surface area contributed by atoms with Crippen molar-refractivity contribution in [1.82, 2.24) is 0 Å². The predicted octanol–water partition coefficient (Wildman–Crippen LogP) is 3.79. The zero-order valence-electron chi connectivity index (χ0n) is 11.5. The van der Waals surface area contributed by atoms with E-state index in [0.29, 0.717) is 23.5 Å². The van der Waals surface area contributed by atoms with Gasteiger partial charge in [0.25, 0.3) is 0 Å². The highest BCUT2D eigenvalue weighted by Crippen LogP contribution is 2.24. The molecule has 0 unspecified atom stereocenters. The molecule has 0 atom stereocenters. The zero-order valence-corrected chi connectivity index (χ0v) is 11.5. The number of carbonyl (C=O) groups excluding carboxylic acids is 1. The number of ketones is 1. The van der Waals surface area contributed by atoms with Gasteiger partial charge in [-0.1, -0.05) is 12.1 Å². The van der Waals surface area contributed by atoms with E-state index >= 15 is 0 Å². The fourth-order valence-corrected chi connectivity index (χ4v) is 1.92. The molecule has 0 aliphatic rings. The SMILES string of the molecule is CC(=O)Cc1ccc(Oc2ccc(C#N)c(C)c2)cc1. The first-order valence-electron chi connectivity index (χ1n) is 6.35. The average molecular weight is 265 g/mol. The van der Waals surface area contributed by atoms with Gasteiger partial charge in [0.1, 0.15) is 17.3 Å². The molecule has 100 valence electrons. The van der Waals surface area contributed by atoms with Crippen LogP contribution in [0.4, 0.5) is 0 Å². The lowest BCUT2D eigenvalue weighted by Gasteiger charge is -2.08. The lowest BCUT2D eigenvalue weighted by atomic mass is 10.1. The van der Waals surface area contributed by atoms with E-state index in [0.717, 1.165) is 11.1 Å². The first-order valence-corrected chi connectivity index (χ1v) is 6.35. The maximum Gasteiger partial charge on any atom is 0.134 e. The average Bonchev–Trinajstić information content (AvgIpc) is 2.41. The van der Waals surface area contributed by atoms with Crippen molar-refractivity contribution in [2.45, 2.75) is 20.3 Å². The van der Waals surface area contributed by atoms with Gasteiger partial charge in [-0.2, -0.15) is 5.26 Å². The van der Waals surface area contributed by atoms with Gasteiger partial charge in [0.2, 0.25) is 0 Å². The molecule has 0 fully saturated rings. The fourth-order valence-electron chi connectivity index (χ4n) is 1.92. The van der Waals surface area contributed by atoms with E-state index in [1.807, 2.05) is 37.3 Å². The van der Waals surface area contributed by atoms with Gasteiger partial charge < -0.3 is 4.74 Å². The highest BCUT2D eigenvalue weighted by molar-refractivity contribution is 5.78. The number of Topliss-reactive ketones (excluding diaryl/α,β-unsaturated/α-hetero) is 1. The van der Waals surface area contributed by atoms with Gasteiger partial charge >= 0.3 is 0 Å². The number of hydrogen-bond donors (Lipinski definition) is 0. The Hall–Kier alpha value is -2.60. The quantitative estimate of drug-likeness (QED) is 0.845. The minimum Gasteiger partial charge on any atom is -0.457 e. The molecular formula is C17H15NO2. The van der Waals surface area contributed by atoms with Crippen molar-refractivity contribution >= 4 is 5.78 Å². The van der Waals surface area contributed by atoms with Crippen molar-refractivity contribution in [2.24, 2.45) is 0 Å². The minimum absolute atomic E-state index is 0.140. The summed E-state index contributed by atoms with van der Waals surface area (Å²) in [6.45, 7) is 3.45. The van der Waals surface area contributed by atoms with Crippen molar-refractivity contribution in [3.05, 3.63) is 59.2 Å². The van der Waals surface area contributed by atoms with Crippen molar-refractivity contribution in [3.63, 3.8) is 0 Å². The molecule has 2 aromatic carbocycles. The molecule has 0 aliphatic carbocycles. The van der Waals surface area contributed by atoms with Crippen LogP contribution in [0.3, 0.4) is 0 Å². The fraction of sp³-hybridized carbons (Fsp3) is 0.176. The first-order chi connectivity index (χ1) is 9.58. The molecule has 0 aromatic heterocycles. The van der Waals surface area contributed by atoms with E-state index < -0.39 is 0 Å². The van der Waals surface area contributed by atoms with Gasteiger partial charge in [0.15, 0.2) is 0 Å². The lowest BCUT2D eigenvalue weighted by Crippen LogP contribution is -1.95. The van der Waals surface area contributed by atoms with Crippen LogP contribution in [0.15, 0.2) is 42.5 Å². The molecule has 3 nitrogen and oxygen atoms in total. The molecule has 0 spiro atoms. The molecule has 0 amide bonds. The largest absolute Gasteiger partial charge is 0.457 e. The van der Waals surface area contributed by atoms with E-state index in [9.17, 15) is 4.79 Å². The Bertz CT molecular complexity index is 666. The maximum absolute atomic E-state index is 11.0. The van der Waals surface area contributed by atoms with Crippen molar-refractivity contribution in [2.75, 3.05) is 0 Å². The number of rotatable bonds is 4. The summed E-state index contributed by atoms with van der Waals surface area (Å²) >= 11 is 0. The Balaban J connectivity index is 2.12. The highest BCUT2D eigenvalue weighted by Gasteiger charge is 2.03. The summed E-state index contributed by atoms with van der Waals surface area (Å²) in [5.41, 5.74) is 2.51. The van der Waals surface area contributed by atoms with Gasteiger partial charge in [-0.3, -0.25) is 4.79 Å². The normalized spacial score (nSPS) is 9.85. The number of hydrogen-bond acceptors (Lipinski definition) is 3. The van der Waals surface area contributed by atoms with Crippen LogP contribution >= 0.6 is 0 Å². The van der Waals surface area contributed by atoms with Crippen molar-refractivity contribution in [3.8, 4) is 17.6 Å². The molecule has 0 N–H and O–H groups in total. The Morgan fingerprint density at radius 3 is 2.35 bits per heavy atom. The van der Waals surface area contributed by atoms with Gasteiger partial charge in [-0.05, 0) is 55.3 Å². The molecule has 0 aliphatic heterocycles. The van der Waals surface area contributed by atoms with Gasteiger partial charge in [0, 0.05) is 6.42 Å². The zero-order chi connectivity index (χ0) is 14.5. The topological polar surface area (TPSA) is 50.1 Å². The standard InChI is InChI=1S/C17H15NO2/c1-12-9-17(8-5-15(12)11-18)20-16-6-3-14(4-7-16)10-13(2)19/h3-9H,10H2,1-2H3. The number of ether oxygens (including phenoxy) is 1. The van der Waals surface area contributed by atoms with Crippen LogP contribution in [-0.2, 0) is 11.2 Å². The van der Waals surface area contributed by atoms with E-state index in [1.165, 1.54) is 0 Å². The van der Waals surface area contributed by atoms with E-state index in [4.69, 9.17) is 10.00 Å². The molecule has 0 saturated heterocycles. The number of benzene rings is 2. The summed E-state index contributed by atoms with van der Waals surface area (Å²) in [5, 5.41) is 8.88. The summed E-state index contributed by atoms with van der Waals surface area (Å²) in [7, 11) is 0. The third kappa shape index (κ3) is 3.46. The van der Waals surface area contributed by atoms with Crippen molar-refractivity contribution in [1.29, 1.82) is 5.26 Å². The summed E-state index contributed by atoms with van der Waals surface area (Å²) in [4.78, 5) is 11.0. The molecule has 2 aromatic rings. The number of aryl methyl sites for hydroxylation is 1. The van der Waals surface area contributed by atoms with Crippen LogP contribution in [0.2, 0.25) is 0 Å². The lowest BCUT2D eigenvalue weighted by molar-refractivity contribution is -0.116. The van der Waals surface area contributed by atoms with Crippen molar-refractivity contribution < 1.29 is 9.53 Å². The summed E-state index contributed by atoms with van der Waals surface area (Å²) < 4.78 is 5.72. The van der Waals surface area contributed by atoms with Crippen LogP contribution in [0.1, 0.15) is 23.6 Å².